The smallest absolute Gasteiger partial charge is 0.376 e. The number of carbonyl (C=O) groups excluding carboxylic acids is 6. The number of ether oxygens (including phenoxy) is 2. The molecule has 0 bridgehead atoms. The van der Waals surface area contributed by atoms with Crippen LogP contribution in [0, 0.1) is 0 Å². The van der Waals surface area contributed by atoms with Crippen molar-refractivity contribution in [2.45, 2.75) is 6.42 Å². The summed E-state index contributed by atoms with van der Waals surface area (Å²) in [6.07, 6.45) is -0.193. The topological polar surface area (TPSA) is 170 Å². The third-order valence-corrected chi connectivity index (χ3v) is 1.29. The molecule has 23 heavy (non-hydrogen) atoms. The fourth-order valence-corrected chi connectivity index (χ4v) is 0.499. The average Bonchev–Trinajstić information content (AvgIpc) is 2.54. The predicted octanol–water partition coefficient (Wildman–Crippen LogP) is -0.954. The molecule has 0 spiro atoms. The Bertz CT molecular complexity index is 448. The Balaban J connectivity index is -0.000000413. The van der Waals surface area contributed by atoms with Gasteiger partial charge in [0, 0.05) is 28.2 Å². The Labute approximate surface area is 130 Å². The standard InChI is InChI=1S/C7H10N2O6.2C2H3NO/c1-8-6(12)14-4(10)3-5(11)15-7(13)9-2;2*1-3-2-4/h3H2,1-2H3,(H,8,12)(H,9,13);2*1H3. The molecule has 128 valence electrons. The molecular formula is C11H16N4O8. The van der Waals surface area contributed by atoms with E-state index in [4.69, 9.17) is 9.59 Å². The third-order valence-electron chi connectivity index (χ3n) is 1.29. The Hall–Kier alpha value is -3.36. The van der Waals surface area contributed by atoms with Crippen LogP contribution >= 0.6 is 0 Å². The summed E-state index contributed by atoms with van der Waals surface area (Å²) in [5.74, 6) is -2.22. The van der Waals surface area contributed by atoms with Crippen molar-refractivity contribution in [1.29, 1.82) is 0 Å². The molecule has 0 unspecified atom stereocenters. The van der Waals surface area contributed by atoms with Crippen LogP contribution < -0.4 is 10.6 Å². The number of esters is 2. The van der Waals surface area contributed by atoms with Gasteiger partial charge >= 0.3 is 24.1 Å². The summed E-state index contributed by atoms with van der Waals surface area (Å²) in [7, 11) is 5.26. The molecule has 2 N–H and O–H groups in total. The molecule has 0 aromatic rings. The number of hydrogen-bond donors (Lipinski definition) is 2. The summed E-state index contributed by atoms with van der Waals surface area (Å²) in [6.45, 7) is 0. The van der Waals surface area contributed by atoms with Crippen molar-refractivity contribution in [2.75, 3.05) is 28.2 Å². The Morgan fingerprint density at radius 2 is 1.09 bits per heavy atom. The lowest BCUT2D eigenvalue weighted by Gasteiger charge is -2.02. The number of rotatable bonds is 2. The van der Waals surface area contributed by atoms with Crippen molar-refractivity contribution in [3.63, 3.8) is 0 Å². The number of amides is 2. The second-order valence-corrected chi connectivity index (χ2v) is 2.83. The molecule has 0 aromatic carbocycles. The van der Waals surface area contributed by atoms with E-state index >= 15 is 0 Å². The Morgan fingerprint density at radius 3 is 1.26 bits per heavy atom. The van der Waals surface area contributed by atoms with Gasteiger partial charge in [0.25, 0.3) is 0 Å². The van der Waals surface area contributed by atoms with Gasteiger partial charge in [-0.15, -0.1) is 0 Å². The predicted molar refractivity (Wildman–Crippen MR) is 73.8 cm³/mol. The maximum absolute atomic E-state index is 10.8. The number of isocyanates is 2. The number of nitrogens with one attached hydrogen (secondary N) is 2. The summed E-state index contributed by atoms with van der Waals surface area (Å²) in [4.78, 5) is 66.2. The quantitative estimate of drug-likeness (QED) is 0.282. The number of carbonyl (C=O) groups is 4. The lowest BCUT2D eigenvalue weighted by atomic mass is 10.4. The average molecular weight is 332 g/mol. The highest BCUT2D eigenvalue weighted by molar-refractivity contribution is 5.98. The van der Waals surface area contributed by atoms with Crippen LogP contribution in [0.15, 0.2) is 9.98 Å². The number of nitrogens with zero attached hydrogens (tertiary/aromatic N) is 2. The summed E-state index contributed by atoms with van der Waals surface area (Å²) in [6, 6.07) is 0. The van der Waals surface area contributed by atoms with Crippen LogP contribution in [0.3, 0.4) is 0 Å². The lowest BCUT2D eigenvalue weighted by Crippen LogP contribution is -2.27. The zero-order valence-electron chi connectivity index (χ0n) is 12.9. The summed E-state index contributed by atoms with van der Waals surface area (Å²) >= 11 is 0. The van der Waals surface area contributed by atoms with Gasteiger partial charge in [-0.05, 0) is 0 Å². The fraction of sp³-hybridized carbons (Fsp3) is 0.455. The van der Waals surface area contributed by atoms with E-state index in [1.807, 2.05) is 10.6 Å². The SMILES string of the molecule is CN=C=O.CN=C=O.CNC(=O)OC(=O)CC(=O)OC(=O)NC. The van der Waals surface area contributed by atoms with E-state index in [2.05, 4.69) is 19.5 Å². The molecule has 0 aromatic heterocycles. The monoisotopic (exact) mass is 332 g/mol. The molecule has 12 nitrogen and oxygen atoms in total. The van der Waals surface area contributed by atoms with Crippen molar-refractivity contribution < 1.29 is 38.2 Å². The molecule has 0 aliphatic rings. The third kappa shape index (κ3) is 24.1. The van der Waals surface area contributed by atoms with Gasteiger partial charge < -0.3 is 20.1 Å². The first-order chi connectivity index (χ1) is 10.8. The number of aliphatic imine (C=N–C) groups is 2. The molecule has 0 aliphatic heterocycles. The molecule has 0 aliphatic carbocycles. The van der Waals surface area contributed by atoms with Gasteiger partial charge in [0.2, 0.25) is 12.2 Å². The van der Waals surface area contributed by atoms with Crippen LogP contribution in [0.25, 0.3) is 0 Å². The van der Waals surface area contributed by atoms with E-state index in [-0.39, 0.29) is 0 Å². The van der Waals surface area contributed by atoms with E-state index in [0.29, 0.717) is 0 Å². The van der Waals surface area contributed by atoms with Gasteiger partial charge in [-0.3, -0.25) is 9.59 Å². The highest BCUT2D eigenvalue weighted by Gasteiger charge is 2.17. The second kappa shape index (κ2) is 18.6. The lowest BCUT2D eigenvalue weighted by molar-refractivity contribution is -0.147. The van der Waals surface area contributed by atoms with Gasteiger partial charge in [-0.25, -0.2) is 29.2 Å². The highest BCUT2D eigenvalue weighted by Crippen LogP contribution is 1.91. The maximum Gasteiger partial charge on any atom is 0.414 e. The zero-order valence-corrected chi connectivity index (χ0v) is 12.9. The molecule has 0 saturated carbocycles. The molecule has 2 amide bonds. The Morgan fingerprint density at radius 1 is 0.826 bits per heavy atom. The maximum atomic E-state index is 10.8. The van der Waals surface area contributed by atoms with Crippen molar-refractivity contribution >= 4 is 36.3 Å². The normalized spacial score (nSPS) is 7.13. The van der Waals surface area contributed by atoms with Crippen LogP contribution in [0.1, 0.15) is 6.42 Å². The minimum absolute atomic E-state index is 0.819. The largest absolute Gasteiger partial charge is 0.414 e. The number of alkyl carbamates (subject to hydrolysis) is 2. The first-order valence-corrected chi connectivity index (χ1v) is 5.59. The first-order valence-electron chi connectivity index (χ1n) is 5.59. The van der Waals surface area contributed by atoms with Crippen LogP contribution in [-0.2, 0) is 28.7 Å². The van der Waals surface area contributed by atoms with Crippen molar-refractivity contribution in [1.82, 2.24) is 10.6 Å². The minimum atomic E-state index is -1.11. The van der Waals surface area contributed by atoms with E-state index in [1.54, 1.807) is 0 Å². The van der Waals surface area contributed by atoms with Gasteiger partial charge in [-0.2, -0.15) is 0 Å². The van der Waals surface area contributed by atoms with Crippen molar-refractivity contribution in [2.24, 2.45) is 9.98 Å². The molecule has 0 saturated heterocycles. The van der Waals surface area contributed by atoms with Gasteiger partial charge in [0.1, 0.15) is 6.42 Å². The molecule has 12 heteroatoms. The molecule has 0 rings (SSSR count). The summed E-state index contributed by atoms with van der Waals surface area (Å²) in [5.41, 5.74) is 0. The fourth-order valence-electron chi connectivity index (χ4n) is 0.499. The van der Waals surface area contributed by atoms with Crippen LogP contribution in [0.5, 0.6) is 0 Å². The van der Waals surface area contributed by atoms with Gasteiger partial charge in [0.05, 0.1) is 0 Å². The Kier molecular flexibility index (Phi) is 20.0. The van der Waals surface area contributed by atoms with Gasteiger partial charge in [-0.1, -0.05) is 0 Å². The van der Waals surface area contributed by atoms with E-state index < -0.39 is 30.5 Å². The highest BCUT2D eigenvalue weighted by atomic mass is 16.6. The van der Waals surface area contributed by atoms with Crippen LogP contribution in [0.2, 0.25) is 0 Å². The van der Waals surface area contributed by atoms with Crippen LogP contribution in [-0.4, -0.2) is 64.5 Å². The minimum Gasteiger partial charge on any atom is -0.376 e. The van der Waals surface area contributed by atoms with E-state index in [0.717, 1.165) is 0 Å². The molecule has 0 radical (unpaired) electrons. The second-order valence-electron chi connectivity index (χ2n) is 2.83. The number of hydrogen-bond acceptors (Lipinski definition) is 10. The van der Waals surface area contributed by atoms with E-state index in [1.165, 1.54) is 40.4 Å². The van der Waals surface area contributed by atoms with Crippen LogP contribution in [0.4, 0.5) is 9.59 Å². The molecular weight excluding hydrogens is 316 g/mol. The van der Waals surface area contributed by atoms with Crippen molar-refractivity contribution in [3.05, 3.63) is 0 Å². The molecule has 0 atom stereocenters. The summed E-state index contributed by atoms with van der Waals surface area (Å²) < 4.78 is 8.13. The molecule has 0 fully saturated rings. The molecule has 0 heterocycles. The first kappa shape index (κ1) is 24.6. The summed E-state index contributed by atoms with van der Waals surface area (Å²) in [5, 5.41) is 4.02. The van der Waals surface area contributed by atoms with Gasteiger partial charge in [0.15, 0.2) is 0 Å². The zero-order chi connectivity index (χ0) is 18.7. The van der Waals surface area contributed by atoms with E-state index in [9.17, 15) is 19.2 Å². The van der Waals surface area contributed by atoms with Crippen molar-refractivity contribution in [3.8, 4) is 0 Å².